The van der Waals surface area contributed by atoms with Gasteiger partial charge in [-0.2, -0.15) is 0 Å². The van der Waals surface area contributed by atoms with E-state index in [1.165, 1.54) is 0 Å². The van der Waals surface area contributed by atoms with Gasteiger partial charge in [0.15, 0.2) is 0 Å². The van der Waals surface area contributed by atoms with Crippen LogP contribution in [0.4, 0.5) is 0 Å². The predicted molar refractivity (Wildman–Crippen MR) is 106 cm³/mol. The summed E-state index contributed by atoms with van der Waals surface area (Å²) >= 11 is 1.64. The SMILES string of the molecule is Cc1ccc2nc(-c3cccs3)cc(C(=O)N3CC(C)OC(C)C3)c2c1. The lowest BCUT2D eigenvalue weighted by atomic mass is 10.0. The number of morpholine rings is 1. The van der Waals surface area contributed by atoms with Gasteiger partial charge in [-0.1, -0.05) is 17.7 Å². The van der Waals surface area contributed by atoms with E-state index < -0.39 is 0 Å². The second-order valence-electron chi connectivity index (χ2n) is 7.02. The number of amides is 1. The monoisotopic (exact) mass is 366 g/mol. The number of nitrogens with zero attached hydrogens (tertiary/aromatic N) is 2. The van der Waals surface area contributed by atoms with E-state index in [2.05, 4.69) is 6.07 Å². The van der Waals surface area contributed by atoms with Gasteiger partial charge in [0.25, 0.3) is 5.91 Å². The van der Waals surface area contributed by atoms with E-state index in [1.807, 2.05) is 61.4 Å². The van der Waals surface area contributed by atoms with Crippen LogP contribution in [-0.4, -0.2) is 41.1 Å². The summed E-state index contributed by atoms with van der Waals surface area (Å²) in [4.78, 5) is 21.2. The zero-order valence-corrected chi connectivity index (χ0v) is 16.0. The van der Waals surface area contributed by atoms with Gasteiger partial charge in [-0.3, -0.25) is 4.79 Å². The van der Waals surface area contributed by atoms with Crippen LogP contribution in [0.5, 0.6) is 0 Å². The maximum atomic E-state index is 13.4. The van der Waals surface area contributed by atoms with Crippen LogP contribution in [0.25, 0.3) is 21.5 Å². The molecule has 0 saturated carbocycles. The predicted octanol–water partition coefficient (Wildman–Crippen LogP) is 4.52. The van der Waals surface area contributed by atoms with E-state index in [-0.39, 0.29) is 18.1 Å². The lowest BCUT2D eigenvalue weighted by molar-refractivity contribution is -0.0585. The summed E-state index contributed by atoms with van der Waals surface area (Å²) in [6, 6.07) is 12.1. The Morgan fingerprint density at radius 2 is 1.96 bits per heavy atom. The molecule has 3 aromatic rings. The summed E-state index contributed by atoms with van der Waals surface area (Å²) in [7, 11) is 0. The summed E-state index contributed by atoms with van der Waals surface area (Å²) in [5, 5.41) is 2.95. The van der Waals surface area contributed by atoms with E-state index in [0.717, 1.165) is 32.6 Å². The van der Waals surface area contributed by atoms with Gasteiger partial charge in [0.05, 0.1) is 33.9 Å². The van der Waals surface area contributed by atoms with Crippen molar-refractivity contribution >= 4 is 28.1 Å². The molecule has 4 nitrogen and oxygen atoms in total. The molecule has 1 amide bonds. The number of aryl methyl sites for hydroxylation is 1. The topological polar surface area (TPSA) is 42.4 Å². The highest BCUT2D eigenvalue weighted by molar-refractivity contribution is 7.13. The van der Waals surface area contributed by atoms with Gasteiger partial charge in [0.1, 0.15) is 0 Å². The molecule has 26 heavy (non-hydrogen) atoms. The van der Waals surface area contributed by atoms with Crippen molar-refractivity contribution in [2.24, 2.45) is 0 Å². The van der Waals surface area contributed by atoms with Crippen molar-refractivity contribution in [3.63, 3.8) is 0 Å². The molecule has 5 heteroatoms. The fourth-order valence-electron chi connectivity index (χ4n) is 3.58. The van der Waals surface area contributed by atoms with Crippen molar-refractivity contribution in [3.8, 4) is 10.6 Å². The van der Waals surface area contributed by atoms with E-state index in [4.69, 9.17) is 9.72 Å². The fourth-order valence-corrected chi connectivity index (χ4v) is 4.27. The Hall–Kier alpha value is -2.24. The number of hydrogen-bond donors (Lipinski definition) is 0. The highest BCUT2D eigenvalue weighted by atomic mass is 32.1. The third-order valence-corrected chi connectivity index (χ3v) is 5.57. The average Bonchev–Trinajstić information content (AvgIpc) is 3.14. The molecule has 1 aromatic carbocycles. The first-order valence-electron chi connectivity index (χ1n) is 8.91. The number of aromatic nitrogens is 1. The van der Waals surface area contributed by atoms with Gasteiger partial charge in [-0.15, -0.1) is 11.3 Å². The molecule has 134 valence electrons. The fraction of sp³-hybridized carbons (Fsp3) is 0.333. The van der Waals surface area contributed by atoms with Gasteiger partial charge < -0.3 is 9.64 Å². The summed E-state index contributed by atoms with van der Waals surface area (Å²) in [5.41, 5.74) is 3.57. The molecule has 1 fully saturated rings. The number of ether oxygens (including phenoxy) is 1. The Balaban J connectivity index is 1.84. The Kier molecular flexibility index (Phi) is 4.51. The minimum atomic E-state index is 0.0503. The van der Waals surface area contributed by atoms with Crippen LogP contribution in [0, 0.1) is 6.92 Å². The van der Waals surface area contributed by atoms with E-state index >= 15 is 0 Å². The third-order valence-electron chi connectivity index (χ3n) is 4.68. The summed E-state index contributed by atoms with van der Waals surface area (Å²) < 4.78 is 5.79. The molecule has 1 aliphatic heterocycles. The minimum absolute atomic E-state index is 0.0503. The first-order valence-corrected chi connectivity index (χ1v) is 9.79. The number of hydrogen-bond acceptors (Lipinski definition) is 4. The number of fused-ring (bicyclic) bond motifs is 1. The second-order valence-corrected chi connectivity index (χ2v) is 7.97. The first-order chi connectivity index (χ1) is 12.5. The van der Waals surface area contributed by atoms with Gasteiger partial charge in [0, 0.05) is 18.5 Å². The molecule has 2 unspecified atom stereocenters. The molecule has 0 radical (unpaired) electrons. The average molecular weight is 366 g/mol. The van der Waals surface area contributed by atoms with Gasteiger partial charge in [-0.25, -0.2) is 4.98 Å². The molecule has 0 bridgehead atoms. The zero-order valence-electron chi connectivity index (χ0n) is 15.2. The standard InChI is InChI=1S/C21H22N2O2S/c1-13-6-7-18-16(9-13)17(10-19(22-18)20-5-4-8-26-20)21(24)23-11-14(2)25-15(3)12-23/h4-10,14-15H,11-12H2,1-3H3. The van der Waals surface area contributed by atoms with Gasteiger partial charge >= 0.3 is 0 Å². The summed E-state index contributed by atoms with van der Waals surface area (Å²) in [5.74, 6) is 0.0582. The van der Waals surface area contributed by atoms with Crippen molar-refractivity contribution in [1.29, 1.82) is 0 Å². The van der Waals surface area contributed by atoms with Gasteiger partial charge in [0.2, 0.25) is 0 Å². The van der Waals surface area contributed by atoms with Crippen LogP contribution in [0.3, 0.4) is 0 Å². The Morgan fingerprint density at radius 3 is 2.65 bits per heavy atom. The second kappa shape index (κ2) is 6.82. The molecular weight excluding hydrogens is 344 g/mol. The third kappa shape index (κ3) is 3.24. The molecular formula is C21H22N2O2S. The van der Waals surface area contributed by atoms with Crippen LogP contribution >= 0.6 is 11.3 Å². The van der Waals surface area contributed by atoms with E-state index in [0.29, 0.717) is 13.1 Å². The smallest absolute Gasteiger partial charge is 0.254 e. The number of carbonyl (C=O) groups is 1. The Bertz CT molecular complexity index is 942. The highest BCUT2D eigenvalue weighted by Gasteiger charge is 2.28. The molecule has 1 saturated heterocycles. The maximum absolute atomic E-state index is 13.4. The number of carbonyl (C=O) groups excluding carboxylic acids is 1. The number of benzene rings is 1. The number of thiophene rings is 1. The van der Waals surface area contributed by atoms with E-state index in [1.54, 1.807) is 11.3 Å². The van der Waals surface area contributed by atoms with E-state index in [9.17, 15) is 4.79 Å². The summed E-state index contributed by atoms with van der Waals surface area (Å²) in [6.07, 6.45) is 0.101. The van der Waals surface area contributed by atoms with Crippen molar-refractivity contribution in [2.45, 2.75) is 33.0 Å². The van der Waals surface area contributed by atoms with Crippen molar-refractivity contribution in [3.05, 3.63) is 52.9 Å². The zero-order chi connectivity index (χ0) is 18.3. The lowest BCUT2D eigenvalue weighted by Crippen LogP contribution is -2.48. The first kappa shape index (κ1) is 17.2. The van der Waals surface area contributed by atoms with Crippen LogP contribution in [0.2, 0.25) is 0 Å². The molecule has 0 aliphatic carbocycles. The normalized spacial score (nSPS) is 20.5. The quantitative estimate of drug-likeness (QED) is 0.670. The van der Waals surface area contributed by atoms with Crippen molar-refractivity contribution < 1.29 is 9.53 Å². The number of pyridine rings is 1. The molecule has 0 N–H and O–H groups in total. The van der Waals surface area contributed by atoms with Crippen LogP contribution in [-0.2, 0) is 4.74 Å². The molecule has 2 atom stereocenters. The Morgan fingerprint density at radius 1 is 1.19 bits per heavy atom. The van der Waals surface area contributed by atoms with Crippen molar-refractivity contribution in [1.82, 2.24) is 9.88 Å². The number of rotatable bonds is 2. The maximum Gasteiger partial charge on any atom is 0.254 e. The van der Waals surface area contributed by atoms with Crippen molar-refractivity contribution in [2.75, 3.05) is 13.1 Å². The largest absolute Gasteiger partial charge is 0.372 e. The molecule has 2 aromatic heterocycles. The van der Waals surface area contributed by atoms with Crippen LogP contribution in [0.1, 0.15) is 29.8 Å². The Labute approximate surface area is 157 Å². The molecule has 4 rings (SSSR count). The van der Waals surface area contributed by atoms with Crippen LogP contribution in [0.15, 0.2) is 41.8 Å². The van der Waals surface area contributed by atoms with Gasteiger partial charge in [-0.05, 0) is 50.4 Å². The van der Waals surface area contributed by atoms with Crippen LogP contribution < -0.4 is 0 Å². The summed E-state index contributed by atoms with van der Waals surface area (Å²) in [6.45, 7) is 7.31. The minimum Gasteiger partial charge on any atom is -0.372 e. The molecule has 1 aliphatic rings. The lowest BCUT2D eigenvalue weighted by Gasteiger charge is -2.35. The molecule has 3 heterocycles. The molecule has 0 spiro atoms. The highest BCUT2D eigenvalue weighted by Crippen LogP contribution is 2.29.